The topological polar surface area (TPSA) is 151 Å². The highest BCUT2D eigenvalue weighted by atomic mass is 16.5. The lowest BCUT2D eigenvalue weighted by molar-refractivity contribution is -0.139. The van der Waals surface area contributed by atoms with Crippen molar-refractivity contribution in [1.82, 2.24) is 15.8 Å². The smallest absolute Gasteiger partial charge is 0.407 e. The summed E-state index contributed by atoms with van der Waals surface area (Å²) in [6.45, 7) is -0.313. The van der Waals surface area contributed by atoms with Crippen molar-refractivity contribution in [2.75, 3.05) is 13.2 Å². The molecule has 0 saturated heterocycles. The Labute approximate surface area is 194 Å². The van der Waals surface area contributed by atoms with Gasteiger partial charge in [0, 0.05) is 25.0 Å². The highest BCUT2D eigenvalue weighted by Gasteiger charge is 2.29. The van der Waals surface area contributed by atoms with Crippen molar-refractivity contribution in [2.24, 2.45) is 0 Å². The number of rotatable bonds is 9. The number of alkyl carbamates (subject to hydrolysis) is 1. The average molecular weight is 465 g/mol. The SMILES string of the molecule is O=C(NCc1cc(C(=O)N[C@H](CCO)C(=O)O)no1)OCC1c2ccccc2-c2ccccc21. The number of aliphatic carboxylic acids is 1. The fraction of sp³-hybridized carbons (Fsp3) is 0.250. The average Bonchev–Trinajstić information content (AvgIpc) is 3.44. The van der Waals surface area contributed by atoms with E-state index in [9.17, 15) is 14.4 Å². The van der Waals surface area contributed by atoms with Gasteiger partial charge in [0.25, 0.3) is 5.91 Å². The summed E-state index contributed by atoms with van der Waals surface area (Å²) < 4.78 is 10.5. The fourth-order valence-corrected chi connectivity index (χ4v) is 3.93. The van der Waals surface area contributed by atoms with Gasteiger partial charge in [-0.15, -0.1) is 0 Å². The number of aromatic nitrogens is 1. The largest absolute Gasteiger partial charge is 0.480 e. The van der Waals surface area contributed by atoms with Gasteiger partial charge in [-0.1, -0.05) is 53.7 Å². The molecule has 4 N–H and O–H groups in total. The van der Waals surface area contributed by atoms with E-state index >= 15 is 0 Å². The quantitative estimate of drug-likeness (QED) is 0.376. The second-order valence-corrected chi connectivity index (χ2v) is 7.73. The molecular formula is C24H23N3O7. The van der Waals surface area contributed by atoms with Gasteiger partial charge in [-0.05, 0) is 22.3 Å². The van der Waals surface area contributed by atoms with Crippen LogP contribution in [0.3, 0.4) is 0 Å². The van der Waals surface area contributed by atoms with Gasteiger partial charge >= 0.3 is 12.1 Å². The number of aliphatic hydroxyl groups is 1. The van der Waals surface area contributed by atoms with E-state index in [0.29, 0.717) is 0 Å². The van der Waals surface area contributed by atoms with Crippen LogP contribution in [0.15, 0.2) is 59.1 Å². The van der Waals surface area contributed by atoms with Gasteiger partial charge in [-0.3, -0.25) is 4.79 Å². The van der Waals surface area contributed by atoms with Gasteiger partial charge in [-0.25, -0.2) is 9.59 Å². The summed E-state index contributed by atoms with van der Waals surface area (Å²) in [5.41, 5.74) is 4.31. The molecule has 1 aromatic heterocycles. The molecule has 1 aliphatic carbocycles. The van der Waals surface area contributed by atoms with E-state index in [1.54, 1.807) is 0 Å². The Balaban J connectivity index is 1.30. The van der Waals surface area contributed by atoms with Crippen LogP contribution in [0, 0.1) is 0 Å². The first-order chi connectivity index (χ1) is 16.5. The lowest BCUT2D eigenvalue weighted by Crippen LogP contribution is -2.41. The van der Waals surface area contributed by atoms with E-state index in [-0.39, 0.29) is 36.9 Å². The first-order valence-electron chi connectivity index (χ1n) is 10.7. The number of carboxylic acid groups (broad SMARTS) is 1. The second kappa shape index (κ2) is 10.2. The third-order valence-electron chi connectivity index (χ3n) is 5.56. The van der Waals surface area contributed by atoms with E-state index in [4.69, 9.17) is 19.5 Å². The van der Waals surface area contributed by atoms with E-state index in [0.717, 1.165) is 22.3 Å². The van der Waals surface area contributed by atoms with E-state index in [1.165, 1.54) is 6.07 Å². The molecule has 2 aromatic carbocycles. The number of benzene rings is 2. The molecule has 1 atom stereocenters. The lowest BCUT2D eigenvalue weighted by Gasteiger charge is -2.14. The Morgan fingerprint density at radius 1 is 1.06 bits per heavy atom. The van der Waals surface area contributed by atoms with Crippen molar-refractivity contribution in [2.45, 2.75) is 24.9 Å². The minimum absolute atomic E-state index is 0.0696. The molecule has 0 aliphatic heterocycles. The summed E-state index contributed by atoms with van der Waals surface area (Å²) in [4.78, 5) is 35.5. The Bertz CT molecular complexity index is 1160. The maximum absolute atomic E-state index is 12.3. The fourth-order valence-electron chi connectivity index (χ4n) is 3.93. The van der Waals surface area contributed by atoms with Crippen molar-refractivity contribution >= 4 is 18.0 Å². The lowest BCUT2D eigenvalue weighted by atomic mass is 9.98. The third-order valence-corrected chi connectivity index (χ3v) is 5.56. The summed E-state index contributed by atoms with van der Waals surface area (Å²) in [7, 11) is 0. The predicted octanol–water partition coefficient (Wildman–Crippen LogP) is 2.28. The van der Waals surface area contributed by atoms with Gasteiger partial charge in [0.1, 0.15) is 12.6 Å². The van der Waals surface area contributed by atoms with Crippen LogP contribution in [0.5, 0.6) is 0 Å². The first-order valence-corrected chi connectivity index (χ1v) is 10.7. The highest BCUT2D eigenvalue weighted by Crippen LogP contribution is 2.44. The van der Waals surface area contributed by atoms with Crippen LogP contribution in [0.1, 0.15) is 39.7 Å². The molecule has 0 bridgehead atoms. The summed E-state index contributed by atoms with van der Waals surface area (Å²) in [6, 6.07) is 16.1. The Kier molecular flexibility index (Phi) is 6.88. The Morgan fingerprint density at radius 3 is 2.32 bits per heavy atom. The molecule has 10 heteroatoms. The summed E-state index contributed by atoms with van der Waals surface area (Å²) in [5, 5.41) is 26.3. The van der Waals surface area contributed by atoms with Crippen LogP contribution in [-0.2, 0) is 16.1 Å². The van der Waals surface area contributed by atoms with Crippen molar-refractivity contribution in [1.29, 1.82) is 0 Å². The summed E-state index contributed by atoms with van der Waals surface area (Å²) in [6.07, 6.45) is -0.798. The molecule has 10 nitrogen and oxygen atoms in total. The van der Waals surface area contributed by atoms with E-state index in [1.807, 2.05) is 48.5 Å². The van der Waals surface area contributed by atoms with Gasteiger partial charge in [-0.2, -0.15) is 0 Å². The molecule has 3 aromatic rings. The monoisotopic (exact) mass is 465 g/mol. The van der Waals surface area contributed by atoms with Gasteiger partial charge in [0.05, 0.1) is 6.54 Å². The molecule has 4 rings (SSSR count). The number of amides is 2. The molecule has 1 heterocycles. The number of fused-ring (bicyclic) bond motifs is 3. The summed E-state index contributed by atoms with van der Waals surface area (Å²) in [5.74, 6) is -1.92. The van der Waals surface area contributed by atoms with E-state index in [2.05, 4.69) is 15.8 Å². The Hall–Kier alpha value is -4.18. The number of carbonyl (C=O) groups excluding carboxylic acids is 2. The van der Waals surface area contributed by atoms with E-state index < -0.39 is 30.6 Å². The minimum atomic E-state index is -1.27. The zero-order valence-electron chi connectivity index (χ0n) is 18.1. The number of nitrogens with zero attached hydrogens (tertiary/aromatic N) is 1. The van der Waals surface area contributed by atoms with Gasteiger partial charge in [0.2, 0.25) is 0 Å². The van der Waals surface area contributed by atoms with Crippen LogP contribution in [0.4, 0.5) is 4.79 Å². The number of hydrogen-bond acceptors (Lipinski definition) is 7. The first kappa shape index (κ1) is 23.0. The molecule has 0 radical (unpaired) electrons. The molecule has 2 amide bonds. The maximum atomic E-state index is 12.3. The van der Waals surface area contributed by atoms with Gasteiger partial charge < -0.3 is 30.1 Å². The van der Waals surface area contributed by atoms with Crippen LogP contribution in [0.2, 0.25) is 0 Å². The zero-order valence-corrected chi connectivity index (χ0v) is 18.1. The van der Waals surface area contributed by atoms with Gasteiger partial charge in [0.15, 0.2) is 11.5 Å². The number of carbonyl (C=O) groups is 3. The van der Waals surface area contributed by atoms with Crippen LogP contribution in [0.25, 0.3) is 11.1 Å². The number of carboxylic acids is 1. The zero-order chi connectivity index (χ0) is 24.1. The standard InChI is InChI=1S/C24H23N3O7/c28-10-9-20(23(30)31)26-22(29)21-11-14(34-27-21)12-25-24(32)33-13-19-17-7-3-1-5-15(17)16-6-2-4-8-18(16)19/h1-8,11,19-20,28H,9-10,12-13H2,(H,25,32)(H,26,29)(H,30,31)/t20-/m1/s1. The van der Waals surface area contributed by atoms with Crippen LogP contribution < -0.4 is 10.6 Å². The van der Waals surface area contributed by atoms with Crippen molar-refractivity contribution < 1.29 is 33.9 Å². The minimum Gasteiger partial charge on any atom is -0.480 e. The van der Waals surface area contributed by atoms with Crippen LogP contribution in [-0.4, -0.2) is 52.6 Å². The molecule has 34 heavy (non-hydrogen) atoms. The number of hydrogen-bond donors (Lipinski definition) is 4. The highest BCUT2D eigenvalue weighted by molar-refractivity contribution is 5.94. The molecule has 176 valence electrons. The predicted molar refractivity (Wildman–Crippen MR) is 119 cm³/mol. The van der Waals surface area contributed by atoms with Crippen molar-refractivity contribution in [3.8, 4) is 11.1 Å². The molecule has 0 spiro atoms. The normalized spacial score (nSPS) is 13.0. The number of ether oxygens (including phenoxy) is 1. The molecular weight excluding hydrogens is 442 g/mol. The molecule has 0 saturated carbocycles. The Morgan fingerprint density at radius 2 is 1.71 bits per heavy atom. The molecule has 0 fully saturated rings. The van der Waals surface area contributed by atoms with Crippen LogP contribution >= 0.6 is 0 Å². The molecule has 0 unspecified atom stereocenters. The van der Waals surface area contributed by atoms with Crippen molar-refractivity contribution in [3.05, 3.63) is 77.2 Å². The maximum Gasteiger partial charge on any atom is 0.407 e. The third kappa shape index (κ3) is 4.91. The second-order valence-electron chi connectivity index (χ2n) is 7.73. The van der Waals surface area contributed by atoms with Crippen molar-refractivity contribution in [3.63, 3.8) is 0 Å². The molecule has 1 aliphatic rings. The number of nitrogens with one attached hydrogen (secondary N) is 2. The number of aliphatic hydroxyl groups excluding tert-OH is 1. The summed E-state index contributed by atoms with van der Waals surface area (Å²) >= 11 is 0.